The summed E-state index contributed by atoms with van der Waals surface area (Å²) < 4.78 is 47.2. The molecule has 37 heavy (non-hydrogen) atoms. The van der Waals surface area contributed by atoms with Gasteiger partial charge in [0.2, 0.25) is 5.91 Å². The van der Waals surface area contributed by atoms with E-state index in [2.05, 4.69) is 15.6 Å². The molecule has 4 rings (SSSR count). The van der Waals surface area contributed by atoms with E-state index >= 15 is 0 Å². The molecule has 2 amide bonds. The van der Waals surface area contributed by atoms with E-state index in [1.165, 1.54) is 18.2 Å². The van der Waals surface area contributed by atoms with Gasteiger partial charge in [0.15, 0.2) is 0 Å². The van der Waals surface area contributed by atoms with Crippen molar-refractivity contribution in [1.82, 2.24) is 15.6 Å². The maximum atomic E-state index is 14.5. The van der Waals surface area contributed by atoms with E-state index in [4.69, 9.17) is 4.74 Å². The van der Waals surface area contributed by atoms with E-state index in [0.29, 0.717) is 36.0 Å². The van der Waals surface area contributed by atoms with Gasteiger partial charge in [-0.25, -0.2) is 18.0 Å². The average Bonchev–Trinajstić information content (AvgIpc) is 3.15. The Balaban J connectivity index is 1.44. The quantitative estimate of drug-likeness (QED) is 0.363. The molecule has 1 heterocycles. The number of alkyl carbamates (subject to hydrolysis) is 1. The largest absolute Gasteiger partial charge is 0.444 e. The molecule has 0 spiro atoms. The number of amides is 2. The summed E-state index contributed by atoms with van der Waals surface area (Å²) in [5.41, 5.74) is 1.45. The first-order valence-electron chi connectivity index (χ1n) is 12.1. The second-order valence-electron chi connectivity index (χ2n) is 10.4. The van der Waals surface area contributed by atoms with E-state index < -0.39 is 47.7 Å². The average molecular weight is 518 g/mol. The lowest BCUT2D eigenvalue weighted by Crippen LogP contribution is -2.51. The Morgan fingerprint density at radius 3 is 2.41 bits per heavy atom. The number of nitrogens with one attached hydrogen (secondary N) is 3. The number of aromatic nitrogens is 1. The molecule has 0 bridgehead atoms. The normalized spacial score (nSPS) is 18.2. The fourth-order valence-corrected chi connectivity index (χ4v) is 4.66. The van der Waals surface area contributed by atoms with Crippen LogP contribution in [0.25, 0.3) is 22.2 Å². The minimum absolute atomic E-state index is 0.0366. The molecule has 0 saturated heterocycles. The second kappa shape index (κ2) is 10.5. The summed E-state index contributed by atoms with van der Waals surface area (Å²) in [6.45, 7) is 4.77. The summed E-state index contributed by atoms with van der Waals surface area (Å²) in [6.07, 6.45) is 0.476. The zero-order chi connectivity index (χ0) is 26.9. The fourth-order valence-electron chi connectivity index (χ4n) is 4.66. The van der Waals surface area contributed by atoms with Gasteiger partial charge in [0.25, 0.3) is 0 Å². The number of aromatic amines is 1. The summed E-state index contributed by atoms with van der Waals surface area (Å²) in [5, 5.41) is 15.1. The van der Waals surface area contributed by atoms with Gasteiger partial charge in [-0.15, -0.1) is 0 Å². The van der Waals surface area contributed by atoms with Gasteiger partial charge in [-0.2, -0.15) is 0 Å². The van der Waals surface area contributed by atoms with Crippen LogP contribution in [0.1, 0.15) is 45.1 Å². The highest BCUT2D eigenvalue weighted by Crippen LogP contribution is 2.48. The first kappa shape index (κ1) is 26.5. The Bertz CT molecular complexity index is 1290. The van der Waals surface area contributed by atoms with E-state index in [-0.39, 0.29) is 17.4 Å². The van der Waals surface area contributed by atoms with E-state index in [1.54, 1.807) is 32.9 Å². The van der Waals surface area contributed by atoms with Crippen molar-refractivity contribution in [1.29, 1.82) is 0 Å². The first-order chi connectivity index (χ1) is 17.4. The number of aliphatic hydroxyl groups is 1. The van der Waals surface area contributed by atoms with Crippen molar-refractivity contribution in [2.45, 2.75) is 51.2 Å². The van der Waals surface area contributed by atoms with Gasteiger partial charge in [-0.1, -0.05) is 0 Å². The monoisotopic (exact) mass is 517 g/mol. The maximum Gasteiger partial charge on any atom is 0.408 e. The Hall–Kier alpha value is -3.53. The lowest BCUT2D eigenvalue weighted by Gasteiger charge is -2.36. The Kier molecular flexibility index (Phi) is 7.49. The molecule has 10 heteroatoms. The van der Waals surface area contributed by atoms with Crippen molar-refractivity contribution >= 4 is 22.9 Å². The third-order valence-electron chi connectivity index (χ3n) is 6.40. The predicted octanol–water partition coefficient (Wildman–Crippen LogP) is 4.75. The number of rotatable bonds is 7. The molecule has 0 unspecified atom stereocenters. The number of aliphatic hydroxyl groups excluding tert-OH is 1. The van der Waals surface area contributed by atoms with Crippen molar-refractivity contribution in [3.05, 3.63) is 59.4 Å². The second-order valence-corrected chi connectivity index (χ2v) is 10.4. The molecule has 1 aromatic heterocycles. The topological polar surface area (TPSA) is 103 Å². The van der Waals surface area contributed by atoms with E-state index in [1.807, 2.05) is 0 Å². The zero-order valence-corrected chi connectivity index (χ0v) is 20.8. The molecular weight excluding hydrogens is 487 g/mol. The van der Waals surface area contributed by atoms with Gasteiger partial charge in [0.1, 0.15) is 29.1 Å². The molecule has 1 fully saturated rings. The van der Waals surface area contributed by atoms with Crippen LogP contribution in [0.15, 0.2) is 36.4 Å². The lowest BCUT2D eigenvalue weighted by molar-refractivity contribution is -0.124. The van der Waals surface area contributed by atoms with Gasteiger partial charge < -0.3 is 25.5 Å². The van der Waals surface area contributed by atoms with Crippen LogP contribution in [0.4, 0.5) is 18.0 Å². The standard InChI is InChI=1S/C27H30F3N3O4/c1-27(2,3)37-26(36)32-21(13-34)25(35)31-12-14-8-16(9-14)22-19-10-18(29)11-20(30)24(19)33-23(22)15-4-6-17(28)7-5-15/h4-7,10-11,14,16,21,33-34H,8-9,12-13H2,1-3H3,(H,31,35)(H,32,36)/t14?,16?,21-/m0/s1. The van der Waals surface area contributed by atoms with Crippen molar-refractivity contribution in [3.8, 4) is 11.3 Å². The summed E-state index contributed by atoms with van der Waals surface area (Å²) in [5.74, 6) is -2.29. The highest BCUT2D eigenvalue weighted by molar-refractivity contribution is 5.92. The van der Waals surface area contributed by atoms with Crippen molar-refractivity contribution in [2.75, 3.05) is 13.2 Å². The Labute approximate surface area is 212 Å². The lowest BCUT2D eigenvalue weighted by atomic mass is 9.70. The molecule has 1 aliphatic rings. The van der Waals surface area contributed by atoms with Crippen LogP contribution >= 0.6 is 0 Å². The summed E-state index contributed by atoms with van der Waals surface area (Å²) in [4.78, 5) is 27.5. The number of carbonyl (C=O) groups is 2. The van der Waals surface area contributed by atoms with Crippen molar-refractivity contribution in [3.63, 3.8) is 0 Å². The molecule has 2 aromatic carbocycles. The minimum atomic E-state index is -1.16. The van der Waals surface area contributed by atoms with E-state index in [9.17, 15) is 27.9 Å². The van der Waals surface area contributed by atoms with Gasteiger partial charge in [-0.05, 0) is 86.9 Å². The van der Waals surface area contributed by atoms with Crippen LogP contribution in [0.5, 0.6) is 0 Å². The Morgan fingerprint density at radius 2 is 1.78 bits per heavy atom. The number of ether oxygens (including phenoxy) is 1. The van der Waals surface area contributed by atoms with Crippen molar-refractivity contribution in [2.24, 2.45) is 5.92 Å². The van der Waals surface area contributed by atoms with Crippen LogP contribution in [0.3, 0.4) is 0 Å². The predicted molar refractivity (Wildman–Crippen MR) is 132 cm³/mol. The van der Waals surface area contributed by atoms with Gasteiger partial charge in [-0.3, -0.25) is 4.79 Å². The number of benzene rings is 2. The SMILES string of the molecule is CC(C)(C)OC(=O)N[C@@H](CO)C(=O)NCC1CC(c2c(-c3ccc(F)cc3)[nH]c3c(F)cc(F)cc23)C1. The molecule has 7 nitrogen and oxygen atoms in total. The summed E-state index contributed by atoms with van der Waals surface area (Å²) >= 11 is 0. The molecular formula is C27H30F3N3O4. The number of fused-ring (bicyclic) bond motifs is 1. The van der Waals surface area contributed by atoms with E-state index in [0.717, 1.165) is 11.6 Å². The molecule has 4 N–H and O–H groups in total. The smallest absolute Gasteiger partial charge is 0.408 e. The summed E-state index contributed by atoms with van der Waals surface area (Å²) in [6, 6.07) is 6.74. The highest BCUT2D eigenvalue weighted by Gasteiger charge is 2.35. The molecule has 1 atom stereocenters. The van der Waals surface area contributed by atoms with Crippen molar-refractivity contribution < 1.29 is 32.6 Å². The molecule has 198 valence electrons. The first-order valence-corrected chi connectivity index (χ1v) is 12.1. The van der Waals surface area contributed by atoms with Gasteiger partial charge >= 0.3 is 6.09 Å². The number of halogens is 3. The third-order valence-corrected chi connectivity index (χ3v) is 6.40. The third kappa shape index (κ3) is 6.07. The van der Waals surface area contributed by atoms with Crippen LogP contribution in [-0.2, 0) is 9.53 Å². The van der Waals surface area contributed by atoms with Crippen LogP contribution in [-0.4, -0.2) is 46.9 Å². The van der Waals surface area contributed by atoms with Crippen LogP contribution in [0, 0.1) is 23.4 Å². The number of hydrogen-bond donors (Lipinski definition) is 4. The fraction of sp³-hybridized carbons (Fsp3) is 0.407. The number of hydrogen-bond acceptors (Lipinski definition) is 4. The van der Waals surface area contributed by atoms with Gasteiger partial charge in [0.05, 0.1) is 17.8 Å². The zero-order valence-electron chi connectivity index (χ0n) is 20.8. The minimum Gasteiger partial charge on any atom is -0.444 e. The molecule has 0 aliphatic heterocycles. The highest BCUT2D eigenvalue weighted by atomic mass is 19.1. The molecule has 1 aliphatic carbocycles. The molecule has 3 aromatic rings. The van der Waals surface area contributed by atoms with Crippen LogP contribution < -0.4 is 10.6 Å². The Morgan fingerprint density at radius 1 is 1.11 bits per heavy atom. The van der Waals surface area contributed by atoms with Crippen LogP contribution in [0.2, 0.25) is 0 Å². The maximum absolute atomic E-state index is 14.5. The molecule has 1 saturated carbocycles. The number of H-pyrrole nitrogens is 1. The number of carbonyl (C=O) groups excluding carboxylic acids is 2. The van der Waals surface area contributed by atoms with Gasteiger partial charge in [0, 0.05) is 18.0 Å². The summed E-state index contributed by atoms with van der Waals surface area (Å²) in [7, 11) is 0. The molecule has 0 radical (unpaired) electrons.